The topological polar surface area (TPSA) is 76.2 Å². The zero-order valence-electron chi connectivity index (χ0n) is 12.6. The molecule has 2 atom stereocenters. The van der Waals surface area contributed by atoms with E-state index in [1.54, 1.807) is 7.11 Å². The third-order valence-electron chi connectivity index (χ3n) is 3.79. The average Bonchev–Trinajstić information content (AvgIpc) is 3.14. The molecule has 0 radical (unpaired) electrons. The molecule has 0 bridgehead atoms. The molecule has 6 heteroatoms. The van der Waals surface area contributed by atoms with E-state index >= 15 is 0 Å². The van der Waals surface area contributed by atoms with Crippen molar-refractivity contribution in [3.63, 3.8) is 0 Å². The number of nitrogens with one attached hydrogen (secondary N) is 2. The van der Waals surface area contributed by atoms with E-state index in [9.17, 15) is 4.79 Å². The zero-order chi connectivity index (χ0) is 15.5. The maximum atomic E-state index is 12.4. The summed E-state index contributed by atoms with van der Waals surface area (Å²) in [6.07, 6.45) is -0.114. The highest BCUT2D eigenvalue weighted by Crippen LogP contribution is 2.18. The molecular formula is C16H19N3O3. The molecule has 3 rings (SSSR count). The molecule has 0 aliphatic carbocycles. The molecule has 6 nitrogen and oxygen atoms in total. The van der Waals surface area contributed by atoms with Gasteiger partial charge in [-0.25, -0.2) is 4.98 Å². The van der Waals surface area contributed by atoms with Crippen LogP contribution in [-0.4, -0.2) is 48.3 Å². The Morgan fingerprint density at radius 3 is 2.86 bits per heavy atom. The van der Waals surface area contributed by atoms with E-state index in [1.807, 2.05) is 37.3 Å². The normalized spacial score (nSPS) is 21.0. The van der Waals surface area contributed by atoms with Crippen LogP contribution in [0.25, 0.3) is 11.4 Å². The SMILES string of the molecule is CO[C@H]1COC[C@@H]1NC(=O)c1nc(-c2ccccc2)[nH]c1C. The standard InChI is InChI=1S/C16H19N3O3/c1-10-14(16(20)18-12-8-22-9-13(12)21-2)19-15(17-10)11-6-4-3-5-7-11/h3-7,12-13H,8-9H2,1-2H3,(H,17,19)(H,18,20)/t12-,13-/m0/s1. The minimum Gasteiger partial charge on any atom is -0.377 e. The summed E-state index contributed by atoms with van der Waals surface area (Å²) < 4.78 is 10.6. The van der Waals surface area contributed by atoms with Gasteiger partial charge >= 0.3 is 0 Å². The van der Waals surface area contributed by atoms with Crippen molar-refractivity contribution >= 4 is 5.91 Å². The lowest BCUT2D eigenvalue weighted by Gasteiger charge is -2.16. The van der Waals surface area contributed by atoms with Gasteiger partial charge in [0.2, 0.25) is 0 Å². The fourth-order valence-electron chi connectivity index (χ4n) is 2.55. The van der Waals surface area contributed by atoms with Crippen LogP contribution < -0.4 is 5.32 Å². The fourth-order valence-corrected chi connectivity index (χ4v) is 2.55. The minimum atomic E-state index is -0.214. The summed E-state index contributed by atoms with van der Waals surface area (Å²) in [6.45, 7) is 2.79. The molecule has 0 saturated carbocycles. The monoisotopic (exact) mass is 301 g/mol. The second-order valence-electron chi connectivity index (χ2n) is 5.32. The summed E-state index contributed by atoms with van der Waals surface area (Å²) in [5.41, 5.74) is 2.09. The number of benzene rings is 1. The quantitative estimate of drug-likeness (QED) is 0.898. The number of amides is 1. The number of aryl methyl sites for hydroxylation is 1. The average molecular weight is 301 g/mol. The number of rotatable bonds is 4. The number of carbonyl (C=O) groups is 1. The summed E-state index contributed by atoms with van der Waals surface area (Å²) in [5.74, 6) is 0.475. The molecule has 116 valence electrons. The van der Waals surface area contributed by atoms with E-state index in [4.69, 9.17) is 9.47 Å². The first-order valence-electron chi connectivity index (χ1n) is 7.22. The lowest BCUT2D eigenvalue weighted by Crippen LogP contribution is -2.43. The van der Waals surface area contributed by atoms with E-state index in [0.29, 0.717) is 24.7 Å². The van der Waals surface area contributed by atoms with Crippen molar-refractivity contribution < 1.29 is 14.3 Å². The van der Waals surface area contributed by atoms with Gasteiger partial charge in [-0.2, -0.15) is 0 Å². The summed E-state index contributed by atoms with van der Waals surface area (Å²) in [5, 5.41) is 2.93. The van der Waals surface area contributed by atoms with Crippen molar-refractivity contribution in [3.8, 4) is 11.4 Å². The number of ether oxygens (including phenoxy) is 2. The van der Waals surface area contributed by atoms with Crippen LogP contribution in [0.1, 0.15) is 16.2 Å². The molecular weight excluding hydrogens is 282 g/mol. The van der Waals surface area contributed by atoms with Gasteiger partial charge in [0, 0.05) is 18.4 Å². The molecule has 1 aliphatic rings. The van der Waals surface area contributed by atoms with Crippen LogP contribution >= 0.6 is 0 Å². The van der Waals surface area contributed by atoms with Crippen molar-refractivity contribution in [2.75, 3.05) is 20.3 Å². The van der Waals surface area contributed by atoms with Crippen LogP contribution in [0.5, 0.6) is 0 Å². The van der Waals surface area contributed by atoms with Gasteiger partial charge in [0.1, 0.15) is 17.6 Å². The second-order valence-corrected chi connectivity index (χ2v) is 5.32. The number of hydrogen-bond donors (Lipinski definition) is 2. The van der Waals surface area contributed by atoms with E-state index in [0.717, 1.165) is 11.3 Å². The number of methoxy groups -OCH3 is 1. The highest BCUT2D eigenvalue weighted by Gasteiger charge is 2.30. The Balaban J connectivity index is 1.77. The Hall–Kier alpha value is -2.18. The van der Waals surface area contributed by atoms with Crippen LogP contribution in [0.4, 0.5) is 0 Å². The predicted octanol–water partition coefficient (Wildman–Crippen LogP) is 1.53. The van der Waals surface area contributed by atoms with Crippen molar-refractivity contribution in [3.05, 3.63) is 41.7 Å². The number of carbonyl (C=O) groups excluding carboxylic acids is 1. The number of aromatic amines is 1. The number of nitrogens with zero attached hydrogens (tertiary/aromatic N) is 1. The Morgan fingerprint density at radius 1 is 1.36 bits per heavy atom. The highest BCUT2D eigenvalue weighted by atomic mass is 16.5. The third-order valence-corrected chi connectivity index (χ3v) is 3.79. The summed E-state index contributed by atoms with van der Waals surface area (Å²) >= 11 is 0. The van der Waals surface area contributed by atoms with Crippen LogP contribution in [0.3, 0.4) is 0 Å². The first-order chi connectivity index (χ1) is 10.7. The summed E-state index contributed by atoms with van der Waals surface area (Å²) in [6, 6.07) is 9.57. The largest absolute Gasteiger partial charge is 0.377 e. The molecule has 1 aromatic carbocycles. The zero-order valence-corrected chi connectivity index (χ0v) is 12.6. The molecule has 2 N–H and O–H groups in total. The van der Waals surface area contributed by atoms with E-state index < -0.39 is 0 Å². The van der Waals surface area contributed by atoms with Gasteiger partial charge in [-0.15, -0.1) is 0 Å². The molecule has 0 unspecified atom stereocenters. The van der Waals surface area contributed by atoms with Crippen molar-refractivity contribution in [2.24, 2.45) is 0 Å². The van der Waals surface area contributed by atoms with Crippen LogP contribution in [-0.2, 0) is 9.47 Å². The number of aromatic nitrogens is 2. The van der Waals surface area contributed by atoms with Gasteiger partial charge in [0.25, 0.3) is 5.91 Å². The molecule has 1 aromatic heterocycles. The van der Waals surface area contributed by atoms with Gasteiger partial charge in [0.05, 0.1) is 19.3 Å². The Bertz CT molecular complexity index is 654. The van der Waals surface area contributed by atoms with E-state index in [2.05, 4.69) is 15.3 Å². The van der Waals surface area contributed by atoms with Gasteiger partial charge in [-0.05, 0) is 6.92 Å². The van der Waals surface area contributed by atoms with Gasteiger partial charge < -0.3 is 19.8 Å². The Kier molecular flexibility index (Phi) is 4.22. The van der Waals surface area contributed by atoms with E-state index in [1.165, 1.54) is 0 Å². The van der Waals surface area contributed by atoms with Crippen molar-refractivity contribution in [2.45, 2.75) is 19.1 Å². The van der Waals surface area contributed by atoms with Gasteiger partial charge in [-0.1, -0.05) is 30.3 Å². The van der Waals surface area contributed by atoms with Crippen LogP contribution in [0, 0.1) is 6.92 Å². The number of hydrogen-bond acceptors (Lipinski definition) is 4. The molecule has 2 aromatic rings. The highest BCUT2D eigenvalue weighted by molar-refractivity contribution is 5.94. The lowest BCUT2D eigenvalue weighted by atomic mass is 10.2. The van der Waals surface area contributed by atoms with Gasteiger partial charge in [0.15, 0.2) is 0 Å². The molecule has 0 spiro atoms. The Morgan fingerprint density at radius 2 is 2.14 bits per heavy atom. The molecule has 22 heavy (non-hydrogen) atoms. The smallest absolute Gasteiger partial charge is 0.272 e. The Labute approximate surface area is 128 Å². The molecule has 1 aliphatic heterocycles. The van der Waals surface area contributed by atoms with Crippen molar-refractivity contribution in [1.29, 1.82) is 0 Å². The van der Waals surface area contributed by atoms with Gasteiger partial charge in [-0.3, -0.25) is 4.79 Å². The van der Waals surface area contributed by atoms with E-state index in [-0.39, 0.29) is 18.1 Å². The third kappa shape index (κ3) is 2.88. The maximum absolute atomic E-state index is 12.4. The maximum Gasteiger partial charge on any atom is 0.272 e. The predicted molar refractivity (Wildman–Crippen MR) is 81.6 cm³/mol. The van der Waals surface area contributed by atoms with Crippen molar-refractivity contribution in [1.82, 2.24) is 15.3 Å². The first kappa shape index (κ1) is 14.7. The molecule has 1 saturated heterocycles. The lowest BCUT2D eigenvalue weighted by molar-refractivity contribution is 0.0684. The summed E-state index contributed by atoms with van der Waals surface area (Å²) in [7, 11) is 1.62. The first-order valence-corrected chi connectivity index (χ1v) is 7.22. The minimum absolute atomic E-state index is 0.114. The van der Waals surface area contributed by atoms with Crippen LogP contribution in [0.15, 0.2) is 30.3 Å². The number of H-pyrrole nitrogens is 1. The second kappa shape index (κ2) is 6.29. The number of imidazole rings is 1. The summed E-state index contributed by atoms with van der Waals surface area (Å²) in [4.78, 5) is 20.0. The van der Waals surface area contributed by atoms with Crippen LogP contribution in [0.2, 0.25) is 0 Å². The molecule has 1 fully saturated rings. The molecule has 1 amide bonds. The fraction of sp³-hybridized carbons (Fsp3) is 0.375. The molecule has 2 heterocycles.